The molecule has 1 amide bonds. The van der Waals surface area contributed by atoms with E-state index in [1.165, 1.54) is 6.07 Å². The van der Waals surface area contributed by atoms with Gasteiger partial charge in [-0.2, -0.15) is 5.10 Å². The van der Waals surface area contributed by atoms with Crippen molar-refractivity contribution in [1.29, 1.82) is 5.41 Å². The van der Waals surface area contributed by atoms with E-state index in [2.05, 4.69) is 16.5 Å². The van der Waals surface area contributed by atoms with E-state index in [1.54, 1.807) is 17.6 Å². The van der Waals surface area contributed by atoms with E-state index in [0.717, 1.165) is 47.3 Å². The number of amides is 1. The molecule has 0 bridgehead atoms. The molecule has 1 fully saturated rings. The molecule has 1 atom stereocenters. The molecule has 0 aliphatic heterocycles. The molecule has 0 spiro atoms. The molecule has 37 heavy (non-hydrogen) atoms. The van der Waals surface area contributed by atoms with Crippen molar-refractivity contribution in [2.24, 2.45) is 13.0 Å². The first kappa shape index (κ1) is 24.7. The van der Waals surface area contributed by atoms with E-state index in [1.807, 2.05) is 66.9 Å². The lowest BCUT2D eigenvalue weighted by Gasteiger charge is -2.20. The number of nitrogens with zero attached hydrogens (tertiary/aromatic N) is 4. The number of carbonyl (C=O) groups is 1. The Labute approximate surface area is 216 Å². The highest BCUT2D eigenvalue weighted by Crippen LogP contribution is 2.41. The van der Waals surface area contributed by atoms with Crippen molar-refractivity contribution in [3.8, 4) is 11.1 Å². The monoisotopic (exact) mass is 500 g/mol. The Morgan fingerprint density at radius 1 is 1.19 bits per heavy atom. The number of carbonyl (C=O) groups excluding carboxylic acids is 1. The third-order valence-corrected chi connectivity index (χ3v) is 7.19. The highest BCUT2D eigenvalue weighted by atomic mass is 19.1. The lowest BCUT2D eigenvalue weighted by Crippen LogP contribution is -2.30. The van der Waals surface area contributed by atoms with E-state index in [9.17, 15) is 9.18 Å². The van der Waals surface area contributed by atoms with Gasteiger partial charge >= 0.3 is 0 Å². The quantitative estimate of drug-likeness (QED) is 0.362. The molecule has 0 radical (unpaired) electrons. The Kier molecular flexibility index (Phi) is 6.58. The molecule has 1 saturated carbocycles. The van der Waals surface area contributed by atoms with Crippen molar-refractivity contribution in [3.63, 3.8) is 0 Å². The molecule has 1 aliphatic rings. The fourth-order valence-electron chi connectivity index (χ4n) is 4.87. The van der Waals surface area contributed by atoms with Crippen molar-refractivity contribution in [1.82, 2.24) is 24.2 Å². The molecule has 0 saturated heterocycles. The van der Waals surface area contributed by atoms with Crippen LogP contribution < -0.4 is 10.9 Å². The summed E-state index contributed by atoms with van der Waals surface area (Å²) in [6.07, 6.45) is 7.81. The van der Waals surface area contributed by atoms with Crippen LogP contribution in [0.5, 0.6) is 0 Å². The minimum Gasteiger partial charge on any atom is -0.345 e. The molecule has 8 heteroatoms. The molecular weight excluding hydrogens is 467 g/mol. The van der Waals surface area contributed by atoms with Crippen molar-refractivity contribution >= 4 is 5.91 Å². The van der Waals surface area contributed by atoms with Crippen LogP contribution in [0.2, 0.25) is 0 Å². The summed E-state index contributed by atoms with van der Waals surface area (Å²) in [5.41, 5.74) is 6.18. The Bertz CT molecular complexity index is 1520. The van der Waals surface area contributed by atoms with Crippen molar-refractivity contribution in [2.45, 2.75) is 52.7 Å². The van der Waals surface area contributed by atoms with Crippen LogP contribution in [0, 0.1) is 31.0 Å². The van der Waals surface area contributed by atoms with Crippen LogP contribution in [0.3, 0.4) is 0 Å². The molecule has 1 aliphatic carbocycles. The first-order valence-corrected chi connectivity index (χ1v) is 12.7. The second-order valence-corrected chi connectivity index (χ2v) is 10.1. The van der Waals surface area contributed by atoms with Gasteiger partial charge in [-0.1, -0.05) is 12.1 Å². The van der Waals surface area contributed by atoms with Crippen molar-refractivity contribution in [3.05, 3.63) is 94.4 Å². The molecule has 4 aromatic rings. The molecular formula is C29H33FN6O. The summed E-state index contributed by atoms with van der Waals surface area (Å²) in [6.45, 7) is 7.00. The van der Waals surface area contributed by atoms with E-state index in [4.69, 9.17) is 5.41 Å². The zero-order chi connectivity index (χ0) is 26.3. The number of aryl methyl sites for hydroxylation is 4. The molecule has 7 nitrogen and oxygen atoms in total. The van der Waals surface area contributed by atoms with E-state index < -0.39 is 0 Å². The zero-order valence-electron chi connectivity index (χ0n) is 21.8. The van der Waals surface area contributed by atoms with Crippen LogP contribution >= 0.6 is 0 Å². The van der Waals surface area contributed by atoms with Crippen LogP contribution in [0.15, 0.2) is 55.0 Å². The van der Waals surface area contributed by atoms with Gasteiger partial charge in [-0.15, -0.1) is 0 Å². The second kappa shape index (κ2) is 9.84. The summed E-state index contributed by atoms with van der Waals surface area (Å²) in [7, 11) is 1.84. The molecule has 2 heterocycles. The molecule has 2 aromatic heterocycles. The number of hydrogen-bond acceptors (Lipinski definition) is 3. The van der Waals surface area contributed by atoms with Gasteiger partial charge in [0.2, 0.25) is 5.62 Å². The van der Waals surface area contributed by atoms with Crippen LogP contribution in [0.1, 0.15) is 58.5 Å². The third-order valence-electron chi connectivity index (χ3n) is 7.19. The Morgan fingerprint density at radius 3 is 2.59 bits per heavy atom. The minimum absolute atomic E-state index is 0.160. The molecule has 2 aromatic carbocycles. The van der Waals surface area contributed by atoms with Gasteiger partial charge in [0, 0.05) is 43.3 Å². The third kappa shape index (κ3) is 5.14. The van der Waals surface area contributed by atoms with Gasteiger partial charge in [0.15, 0.2) is 0 Å². The standard InChI is InChI=1S/C29H33FN6O/c1-5-36-17-25(19(3)33-36)23-13-20(16-35-11-10-34(4)29(35)31)14-24(15-23)28(37)32-27(21-6-7-21)22-8-9-26(30)18(2)12-22/h8-15,17,21,27,31H,5-7,16H2,1-4H3,(H,32,37)/t27-/m0/s1. The first-order chi connectivity index (χ1) is 17.7. The Morgan fingerprint density at radius 2 is 1.97 bits per heavy atom. The van der Waals surface area contributed by atoms with Gasteiger partial charge in [0.25, 0.3) is 5.91 Å². The van der Waals surface area contributed by atoms with E-state index in [0.29, 0.717) is 29.2 Å². The molecule has 5 rings (SSSR count). The Balaban J connectivity index is 1.52. The number of hydrogen-bond donors (Lipinski definition) is 2. The molecule has 2 N–H and O–H groups in total. The lowest BCUT2D eigenvalue weighted by atomic mass is 9.97. The van der Waals surface area contributed by atoms with Gasteiger partial charge in [-0.3, -0.25) is 14.9 Å². The first-order valence-electron chi connectivity index (χ1n) is 12.7. The molecule has 0 unspecified atom stereocenters. The van der Waals surface area contributed by atoms with Crippen molar-refractivity contribution < 1.29 is 9.18 Å². The summed E-state index contributed by atoms with van der Waals surface area (Å²) in [5, 5.41) is 16.2. The average molecular weight is 501 g/mol. The largest absolute Gasteiger partial charge is 0.345 e. The van der Waals surface area contributed by atoms with Gasteiger partial charge in [0.05, 0.1) is 18.3 Å². The maximum atomic E-state index is 13.9. The normalized spacial score (nSPS) is 14.1. The number of halogens is 1. The van der Waals surface area contributed by atoms with Gasteiger partial charge in [-0.25, -0.2) is 4.39 Å². The highest BCUT2D eigenvalue weighted by Gasteiger charge is 2.34. The van der Waals surface area contributed by atoms with Gasteiger partial charge in [-0.05, 0) is 86.1 Å². The number of rotatable bonds is 8. The second-order valence-electron chi connectivity index (χ2n) is 10.1. The average Bonchev–Trinajstić information content (AvgIpc) is 3.59. The molecule has 192 valence electrons. The number of imidazole rings is 1. The predicted octanol–water partition coefficient (Wildman–Crippen LogP) is 4.87. The zero-order valence-corrected chi connectivity index (χ0v) is 21.8. The number of aromatic nitrogens is 4. The van der Waals surface area contributed by atoms with Crippen LogP contribution in [0.4, 0.5) is 4.39 Å². The topological polar surface area (TPSA) is 80.6 Å². The lowest BCUT2D eigenvalue weighted by molar-refractivity contribution is 0.0931. The SMILES string of the molecule is CCn1cc(-c2cc(Cn3ccn(C)c3=N)cc(C(=O)N[C@H](c3ccc(F)c(C)c3)C3CC3)c2)c(C)n1. The van der Waals surface area contributed by atoms with Gasteiger partial charge < -0.3 is 14.5 Å². The summed E-state index contributed by atoms with van der Waals surface area (Å²) >= 11 is 0. The predicted molar refractivity (Wildman–Crippen MR) is 141 cm³/mol. The van der Waals surface area contributed by atoms with E-state index in [-0.39, 0.29) is 17.8 Å². The van der Waals surface area contributed by atoms with Crippen LogP contribution in [-0.2, 0) is 20.1 Å². The maximum Gasteiger partial charge on any atom is 0.251 e. The van der Waals surface area contributed by atoms with E-state index >= 15 is 0 Å². The van der Waals surface area contributed by atoms with Crippen molar-refractivity contribution in [2.75, 3.05) is 0 Å². The fraction of sp³-hybridized carbons (Fsp3) is 0.345. The summed E-state index contributed by atoms with van der Waals surface area (Å²) in [5.74, 6) is -0.0453. The van der Waals surface area contributed by atoms with Gasteiger partial charge in [0.1, 0.15) is 5.82 Å². The smallest absolute Gasteiger partial charge is 0.251 e. The number of nitrogens with one attached hydrogen (secondary N) is 2. The highest BCUT2D eigenvalue weighted by molar-refractivity contribution is 5.96. The minimum atomic E-state index is -0.239. The Hall–Kier alpha value is -3.94. The fourth-order valence-corrected chi connectivity index (χ4v) is 4.87. The maximum absolute atomic E-state index is 13.9. The summed E-state index contributed by atoms with van der Waals surface area (Å²) < 4.78 is 19.4. The van der Waals surface area contributed by atoms with Crippen LogP contribution in [-0.4, -0.2) is 24.8 Å². The van der Waals surface area contributed by atoms with Crippen LogP contribution in [0.25, 0.3) is 11.1 Å². The number of benzene rings is 2. The summed E-state index contributed by atoms with van der Waals surface area (Å²) in [4.78, 5) is 13.7. The summed E-state index contributed by atoms with van der Waals surface area (Å²) in [6, 6.07) is 10.8.